The Balaban J connectivity index is 1.92. The number of rotatable bonds is 1. The molecule has 1 nitrogen and oxygen atoms in total. The number of nitrogens with one attached hydrogen (secondary N) is 1. The van der Waals surface area contributed by atoms with Gasteiger partial charge in [-0.05, 0) is 54.7 Å². The quantitative estimate of drug-likeness (QED) is 0.778. The third kappa shape index (κ3) is 2.11. The summed E-state index contributed by atoms with van der Waals surface area (Å²) in [5.41, 5.74) is 5.30. The van der Waals surface area contributed by atoms with Crippen molar-refractivity contribution in [1.29, 1.82) is 0 Å². The first-order valence-electron chi connectivity index (χ1n) is 6.34. The number of anilines is 1. The molecule has 0 spiro atoms. The first-order valence-corrected chi connectivity index (χ1v) is 6.72. The van der Waals surface area contributed by atoms with Gasteiger partial charge in [0.05, 0.1) is 6.04 Å². The molecule has 1 aliphatic rings. The summed E-state index contributed by atoms with van der Waals surface area (Å²) in [5.74, 6) is 0. The van der Waals surface area contributed by atoms with Gasteiger partial charge in [-0.1, -0.05) is 35.9 Å². The fourth-order valence-corrected chi connectivity index (χ4v) is 2.88. The lowest BCUT2D eigenvalue weighted by Crippen LogP contribution is -2.18. The molecular formula is C16H16ClN. The zero-order valence-corrected chi connectivity index (χ0v) is 11.2. The number of aryl methyl sites for hydroxylation is 2. The van der Waals surface area contributed by atoms with Crippen molar-refractivity contribution in [2.45, 2.75) is 25.8 Å². The average Bonchev–Trinajstić information content (AvgIpc) is 2.39. The summed E-state index contributed by atoms with van der Waals surface area (Å²) >= 11 is 6.03. The van der Waals surface area contributed by atoms with Crippen molar-refractivity contribution >= 4 is 17.3 Å². The molecule has 18 heavy (non-hydrogen) atoms. The van der Waals surface area contributed by atoms with Crippen LogP contribution in [0.1, 0.15) is 29.2 Å². The van der Waals surface area contributed by atoms with Crippen LogP contribution in [-0.4, -0.2) is 0 Å². The summed E-state index contributed by atoms with van der Waals surface area (Å²) in [4.78, 5) is 0. The second-order valence-electron chi connectivity index (χ2n) is 4.89. The third-order valence-corrected chi connectivity index (χ3v) is 3.90. The number of hydrogen-bond donors (Lipinski definition) is 1. The highest BCUT2D eigenvalue weighted by molar-refractivity contribution is 6.30. The number of benzene rings is 2. The topological polar surface area (TPSA) is 12.0 Å². The minimum absolute atomic E-state index is 0.417. The van der Waals surface area contributed by atoms with E-state index >= 15 is 0 Å². The third-order valence-electron chi connectivity index (χ3n) is 3.66. The maximum absolute atomic E-state index is 6.03. The Kier molecular flexibility index (Phi) is 3.00. The van der Waals surface area contributed by atoms with Gasteiger partial charge in [-0.3, -0.25) is 0 Å². The molecule has 92 valence electrons. The Hall–Kier alpha value is -1.47. The van der Waals surface area contributed by atoms with Crippen molar-refractivity contribution in [2.75, 3.05) is 5.32 Å². The molecule has 2 aromatic carbocycles. The molecule has 0 fully saturated rings. The Morgan fingerprint density at radius 1 is 1.17 bits per heavy atom. The van der Waals surface area contributed by atoms with Crippen LogP contribution in [0.15, 0.2) is 42.5 Å². The standard InChI is InChI=1S/C16H16ClN/c1-11-4-2-3-5-14(11)16-8-6-12-10-13(17)7-9-15(12)18-16/h2-5,7,9-10,16,18H,6,8H2,1H3/t16-/m0/s1. The minimum Gasteiger partial charge on any atom is -0.378 e. The van der Waals surface area contributed by atoms with Crippen LogP contribution in [0.5, 0.6) is 0 Å². The van der Waals surface area contributed by atoms with Crippen molar-refractivity contribution in [2.24, 2.45) is 0 Å². The van der Waals surface area contributed by atoms with E-state index in [2.05, 4.69) is 48.6 Å². The molecule has 1 heterocycles. The van der Waals surface area contributed by atoms with Crippen molar-refractivity contribution in [3.8, 4) is 0 Å². The molecule has 1 N–H and O–H groups in total. The highest BCUT2D eigenvalue weighted by Gasteiger charge is 2.20. The average molecular weight is 258 g/mol. The molecule has 1 atom stereocenters. The normalized spacial score (nSPS) is 18.0. The molecule has 0 aromatic heterocycles. The maximum Gasteiger partial charge on any atom is 0.0519 e. The summed E-state index contributed by atoms with van der Waals surface area (Å²) < 4.78 is 0. The largest absolute Gasteiger partial charge is 0.378 e. The Morgan fingerprint density at radius 3 is 2.83 bits per heavy atom. The van der Waals surface area contributed by atoms with Crippen LogP contribution >= 0.6 is 11.6 Å². The Bertz CT molecular complexity index is 577. The van der Waals surface area contributed by atoms with E-state index in [1.165, 1.54) is 22.4 Å². The van der Waals surface area contributed by atoms with Crippen LogP contribution in [0.2, 0.25) is 5.02 Å². The molecule has 3 rings (SSSR count). The number of fused-ring (bicyclic) bond motifs is 1. The molecule has 0 amide bonds. The summed E-state index contributed by atoms with van der Waals surface area (Å²) in [7, 11) is 0. The van der Waals surface area contributed by atoms with E-state index in [0.29, 0.717) is 6.04 Å². The zero-order chi connectivity index (χ0) is 12.5. The first kappa shape index (κ1) is 11.6. The van der Waals surface area contributed by atoms with E-state index in [0.717, 1.165) is 17.9 Å². The fourth-order valence-electron chi connectivity index (χ4n) is 2.68. The van der Waals surface area contributed by atoms with E-state index < -0.39 is 0 Å². The summed E-state index contributed by atoms with van der Waals surface area (Å²) in [6.07, 6.45) is 2.21. The van der Waals surface area contributed by atoms with Crippen LogP contribution in [0.3, 0.4) is 0 Å². The van der Waals surface area contributed by atoms with Gasteiger partial charge in [-0.25, -0.2) is 0 Å². The van der Waals surface area contributed by atoms with Crippen LogP contribution in [-0.2, 0) is 6.42 Å². The lowest BCUT2D eigenvalue weighted by Gasteiger charge is -2.28. The summed E-state index contributed by atoms with van der Waals surface area (Å²) in [6.45, 7) is 2.17. The van der Waals surface area contributed by atoms with Gasteiger partial charge >= 0.3 is 0 Å². The minimum atomic E-state index is 0.417. The monoisotopic (exact) mass is 257 g/mol. The molecule has 0 saturated carbocycles. The van der Waals surface area contributed by atoms with Crippen molar-refractivity contribution in [1.82, 2.24) is 0 Å². The number of hydrogen-bond acceptors (Lipinski definition) is 1. The van der Waals surface area contributed by atoms with Gasteiger partial charge in [0.25, 0.3) is 0 Å². The van der Waals surface area contributed by atoms with Crippen molar-refractivity contribution < 1.29 is 0 Å². The molecule has 1 aliphatic heterocycles. The van der Waals surface area contributed by atoms with Gasteiger partial charge in [0.2, 0.25) is 0 Å². The van der Waals surface area contributed by atoms with E-state index in [-0.39, 0.29) is 0 Å². The fraction of sp³-hybridized carbons (Fsp3) is 0.250. The molecule has 2 heteroatoms. The summed E-state index contributed by atoms with van der Waals surface area (Å²) in [5, 5.41) is 4.45. The molecule has 0 unspecified atom stereocenters. The SMILES string of the molecule is Cc1ccccc1[C@@H]1CCc2cc(Cl)ccc2N1. The molecule has 0 aliphatic carbocycles. The molecular weight excluding hydrogens is 242 g/mol. The zero-order valence-electron chi connectivity index (χ0n) is 10.4. The lowest BCUT2D eigenvalue weighted by molar-refractivity contribution is 0.664. The van der Waals surface area contributed by atoms with E-state index in [1.807, 2.05) is 6.07 Å². The second-order valence-corrected chi connectivity index (χ2v) is 5.33. The van der Waals surface area contributed by atoms with Crippen LogP contribution < -0.4 is 5.32 Å². The van der Waals surface area contributed by atoms with Crippen LogP contribution in [0, 0.1) is 6.92 Å². The second kappa shape index (κ2) is 4.66. The first-order chi connectivity index (χ1) is 8.74. The highest BCUT2D eigenvalue weighted by atomic mass is 35.5. The molecule has 0 bridgehead atoms. The Labute approximate surface area is 113 Å². The predicted molar refractivity (Wildman–Crippen MR) is 77.3 cm³/mol. The van der Waals surface area contributed by atoms with Crippen molar-refractivity contribution in [3.05, 3.63) is 64.2 Å². The lowest BCUT2D eigenvalue weighted by atomic mass is 9.91. The summed E-state index contributed by atoms with van der Waals surface area (Å²) in [6, 6.07) is 15.1. The van der Waals surface area contributed by atoms with E-state index in [1.54, 1.807) is 0 Å². The highest BCUT2D eigenvalue weighted by Crippen LogP contribution is 2.34. The van der Waals surface area contributed by atoms with Crippen molar-refractivity contribution in [3.63, 3.8) is 0 Å². The predicted octanol–water partition coefficient (Wildman–Crippen LogP) is 4.75. The van der Waals surface area contributed by atoms with E-state index in [9.17, 15) is 0 Å². The van der Waals surface area contributed by atoms with E-state index in [4.69, 9.17) is 11.6 Å². The molecule has 0 saturated heterocycles. The Morgan fingerprint density at radius 2 is 2.00 bits per heavy atom. The van der Waals surface area contributed by atoms with Gasteiger partial charge in [0.1, 0.15) is 0 Å². The van der Waals surface area contributed by atoms with Gasteiger partial charge in [0.15, 0.2) is 0 Å². The van der Waals surface area contributed by atoms with Crippen LogP contribution in [0.25, 0.3) is 0 Å². The van der Waals surface area contributed by atoms with Gasteiger partial charge in [-0.2, -0.15) is 0 Å². The van der Waals surface area contributed by atoms with Gasteiger partial charge in [0, 0.05) is 10.7 Å². The van der Waals surface area contributed by atoms with Crippen LogP contribution in [0.4, 0.5) is 5.69 Å². The molecule has 0 radical (unpaired) electrons. The maximum atomic E-state index is 6.03. The van der Waals surface area contributed by atoms with Gasteiger partial charge in [-0.15, -0.1) is 0 Å². The number of halogens is 1. The van der Waals surface area contributed by atoms with Gasteiger partial charge < -0.3 is 5.32 Å². The smallest absolute Gasteiger partial charge is 0.0519 e. The molecule has 2 aromatic rings.